The SMILES string of the molecule is COC(=O)c1ccccc1NC(=O)c1cccc(S(=O)(=O)C2CCS(=O)(=O)C2)c1. The van der Waals surface area contributed by atoms with Gasteiger partial charge in [-0.15, -0.1) is 0 Å². The highest BCUT2D eigenvalue weighted by Gasteiger charge is 2.38. The number of hydrogen-bond acceptors (Lipinski definition) is 7. The smallest absolute Gasteiger partial charge is 0.339 e. The van der Waals surface area contributed by atoms with Gasteiger partial charge in [-0.05, 0) is 36.8 Å². The van der Waals surface area contributed by atoms with E-state index in [2.05, 4.69) is 10.1 Å². The molecule has 10 heteroatoms. The average molecular weight is 437 g/mol. The lowest BCUT2D eigenvalue weighted by Gasteiger charge is -2.12. The quantitative estimate of drug-likeness (QED) is 0.706. The average Bonchev–Trinajstić information content (AvgIpc) is 3.08. The molecule has 1 aliphatic heterocycles. The summed E-state index contributed by atoms with van der Waals surface area (Å²) < 4.78 is 53.5. The first-order chi connectivity index (χ1) is 13.6. The van der Waals surface area contributed by atoms with Crippen LogP contribution in [0.3, 0.4) is 0 Å². The normalized spacial score (nSPS) is 18.2. The number of carbonyl (C=O) groups is 2. The molecule has 1 fully saturated rings. The van der Waals surface area contributed by atoms with Crippen molar-refractivity contribution in [3.05, 3.63) is 59.7 Å². The monoisotopic (exact) mass is 437 g/mol. The van der Waals surface area contributed by atoms with Crippen molar-refractivity contribution in [1.82, 2.24) is 0 Å². The summed E-state index contributed by atoms with van der Waals surface area (Å²) in [5.74, 6) is -1.82. The van der Waals surface area contributed by atoms with Gasteiger partial charge in [-0.3, -0.25) is 4.79 Å². The van der Waals surface area contributed by atoms with Crippen molar-refractivity contribution in [3.63, 3.8) is 0 Å². The van der Waals surface area contributed by atoms with Crippen LogP contribution in [-0.2, 0) is 24.4 Å². The fraction of sp³-hybridized carbons (Fsp3) is 0.263. The van der Waals surface area contributed by atoms with E-state index in [0.29, 0.717) is 0 Å². The van der Waals surface area contributed by atoms with Crippen LogP contribution >= 0.6 is 0 Å². The predicted octanol–water partition coefficient (Wildman–Crippen LogP) is 1.69. The van der Waals surface area contributed by atoms with Gasteiger partial charge in [0.05, 0.1) is 40.0 Å². The minimum Gasteiger partial charge on any atom is -0.465 e. The summed E-state index contributed by atoms with van der Waals surface area (Å²) in [4.78, 5) is 24.3. The van der Waals surface area contributed by atoms with Gasteiger partial charge in [-0.1, -0.05) is 18.2 Å². The van der Waals surface area contributed by atoms with Gasteiger partial charge in [-0.25, -0.2) is 21.6 Å². The van der Waals surface area contributed by atoms with E-state index in [1.165, 1.54) is 43.5 Å². The molecule has 1 saturated heterocycles. The first-order valence-electron chi connectivity index (χ1n) is 8.67. The summed E-state index contributed by atoms with van der Waals surface area (Å²) in [5.41, 5.74) is 0.439. The van der Waals surface area contributed by atoms with Crippen LogP contribution in [-0.4, -0.2) is 52.6 Å². The molecule has 0 bridgehead atoms. The molecule has 0 radical (unpaired) electrons. The molecule has 154 valence electrons. The maximum atomic E-state index is 12.8. The number of anilines is 1. The van der Waals surface area contributed by atoms with Gasteiger partial charge in [0.25, 0.3) is 5.91 Å². The first-order valence-corrected chi connectivity index (χ1v) is 12.0. The largest absolute Gasteiger partial charge is 0.465 e. The van der Waals surface area contributed by atoms with E-state index < -0.39 is 42.6 Å². The zero-order chi connectivity index (χ0) is 21.2. The van der Waals surface area contributed by atoms with Crippen molar-refractivity contribution in [2.75, 3.05) is 23.9 Å². The van der Waals surface area contributed by atoms with Gasteiger partial charge in [0.15, 0.2) is 19.7 Å². The molecule has 1 aliphatic rings. The van der Waals surface area contributed by atoms with Crippen molar-refractivity contribution in [2.24, 2.45) is 0 Å². The van der Waals surface area contributed by atoms with Crippen molar-refractivity contribution in [2.45, 2.75) is 16.6 Å². The van der Waals surface area contributed by atoms with Crippen molar-refractivity contribution >= 4 is 37.2 Å². The van der Waals surface area contributed by atoms with E-state index in [9.17, 15) is 26.4 Å². The Balaban J connectivity index is 1.87. The lowest BCUT2D eigenvalue weighted by Crippen LogP contribution is -2.23. The molecule has 0 saturated carbocycles. The molecule has 0 spiro atoms. The lowest BCUT2D eigenvalue weighted by atomic mass is 10.1. The second-order valence-electron chi connectivity index (χ2n) is 6.59. The molecular formula is C19H19NO7S2. The molecule has 0 aliphatic carbocycles. The lowest BCUT2D eigenvalue weighted by molar-refractivity contribution is 0.0602. The highest BCUT2D eigenvalue weighted by atomic mass is 32.2. The van der Waals surface area contributed by atoms with Crippen LogP contribution in [0.2, 0.25) is 0 Å². The van der Waals surface area contributed by atoms with Gasteiger partial charge in [0, 0.05) is 5.56 Å². The third-order valence-corrected chi connectivity index (χ3v) is 8.80. The first kappa shape index (κ1) is 21.0. The highest BCUT2D eigenvalue weighted by molar-refractivity contribution is 7.96. The zero-order valence-corrected chi connectivity index (χ0v) is 17.1. The fourth-order valence-electron chi connectivity index (χ4n) is 3.09. The maximum absolute atomic E-state index is 12.8. The van der Waals surface area contributed by atoms with Gasteiger partial charge in [-0.2, -0.15) is 0 Å². The summed E-state index contributed by atoms with van der Waals surface area (Å²) in [6, 6.07) is 11.6. The summed E-state index contributed by atoms with van der Waals surface area (Å²) >= 11 is 0. The number of amides is 1. The van der Waals surface area contributed by atoms with E-state index >= 15 is 0 Å². The van der Waals surface area contributed by atoms with Crippen LogP contribution in [0.25, 0.3) is 0 Å². The number of rotatable bonds is 5. The number of nitrogens with one attached hydrogen (secondary N) is 1. The number of benzene rings is 2. The molecule has 2 aromatic carbocycles. The molecular weight excluding hydrogens is 418 g/mol. The Kier molecular flexibility index (Phi) is 5.76. The van der Waals surface area contributed by atoms with Crippen LogP contribution in [0.5, 0.6) is 0 Å². The van der Waals surface area contributed by atoms with E-state index in [0.717, 1.165) is 0 Å². The van der Waals surface area contributed by atoms with Crippen LogP contribution in [0.15, 0.2) is 53.4 Å². The predicted molar refractivity (Wildman–Crippen MR) is 106 cm³/mol. The maximum Gasteiger partial charge on any atom is 0.339 e. The minimum atomic E-state index is -3.90. The summed E-state index contributed by atoms with van der Waals surface area (Å²) in [5, 5.41) is 1.55. The molecule has 1 amide bonds. The number of para-hydroxylation sites is 1. The second-order valence-corrected chi connectivity index (χ2v) is 11.0. The molecule has 3 rings (SSSR count). The Morgan fingerprint density at radius 3 is 2.48 bits per heavy atom. The molecule has 0 aromatic heterocycles. The Labute approximate surface area is 168 Å². The number of ether oxygens (including phenoxy) is 1. The van der Waals surface area contributed by atoms with Gasteiger partial charge < -0.3 is 10.1 Å². The van der Waals surface area contributed by atoms with Crippen molar-refractivity contribution < 1.29 is 31.2 Å². The van der Waals surface area contributed by atoms with E-state index in [1.807, 2.05) is 0 Å². The number of methoxy groups -OCH3 is 1. The Morgan fingerprint density at radius 1 is 1.10 bits per heavy atom. The number of hydrogen-bond donors (Lipinski definition) is 1. The van der Waals surface area contributed by atoms with Crippen LogP contribution in [0, 0.1) is 0 Å². The van der Waals surface area contributed by atoms with Crippen LogP contribution in [0.4, 0.5) is 5.69 Å². The Morgan fingerprint density at radius 2 is 1.83 bits per heavy atom. The van der Waals surface area contributed by atoms with Gasteiger partial charge in [0.1, 0.15) is 0 Å². The zero-order valence-electron chi connectivity index (χ0n) is 15.5. The molecule has 1 N–H and O–H groups in total. The standard InChI is InChI=1S/C19H19NO7S2/c1-27-19(22)16-7-2-3-8-17(16)20-18(21)13-5-4-6-14(11-13)29(25,26)15-9-10-28(23,24)12-15/h2-8,11,15H,9-10,12H2,1H3,(H,20,21). The number of sulfone groups is 2. The summed E-state index contributed by atoms with van der Waals surface area (Å²) in [6.45, 7) is 0. The van der Waals surface area contributed by atoms with Gasteiger partial charge >= 0.3 is 5.97 Å². The minimum absolute atomic E-state index is 0.0353. The molecule has 2 aromatic rings. The summed E-state index contributed by atoms with van der Waals surface area (Å²) in [6.07, 6.45) is 0.0353. The van der Waals surface area contributed by atoms with Crippen LogP contribution in [0.1, 0.15) is 27.1 Å². The highest BCUT2D eigenvalue weighted by Crippen LogP contribution is 2.26. The third-order valence-electron chi connectivity index (χ3n) is 4.63. The second kappa shape index (κ2) is 7.96. The Bertz CT molecular complexity index is 1170. The van der Waals surface area contributed by atoms with E-state index in [1.54, 1.807) is 12.1 Å². The molecule has 1 heterocycles. The van der Waals surface area contributed by atoms with Gasteiger partial charge in [0.2, 0.25) is 0 Å². The molecule has 1 atom stereocenters. The Hall–Kier alpha value is -2.72. The number of esters is 1. The number of carbonyl (C=O) groups excluding carboxylic acids is 2. The van der Waals surface area contributed by atoms with E-state index in [-0.39, 0.29) is 33.9 Å². The third kappa shape index (κ3) is 4.48. The fourth-order valence-corrected chi connectivity index (χ4v) is 7.49. The summed E-state index contributed by atoms with van der Waals surface area (Å²) in [7, 11) is -6.05. The molecule has 1 unspecified atom stereocenters. The van der Waals surface area contributed by atoms with E-state index in [4.69, 9.17) is 0 Å². The molecule has 8 nitrogen and oxygen atoms in total. The topological polar surface area (TPSA) is 124 Å². The van der Waals surface area contributed by atoms with Crippen LogP contribution < -0.4 is 5.32 Å². The van der Waals surface area contributed by atoms with Crippen molar-refractivity contribution in [1.29, 1.82) is 0 Å². The molecule has 29 heavy (non-hydrogen) atoms. The van der Waals surface area contributed by atoms with Crippen molar-refractivity contribution in [3.8, 4) is 0 Å².